The van der Waals surface area contributed by atoms with Gasteiger partial charge in [0, 0.05) is 12.1 Å². The Bertz CT molecular complexity index is 667. The highest BCUT2D eigenvalue weighted by atomic mass is 35.5. The molecule has 0 atom stereocenters. The molecule has 1 heterocycles. The summed E-state index contributed by atoms with van der Waals surface area (Å²) in [6.45, 7) is 0. The molecular formula is C12H8ClN3O4. The first kappa shape index (κ1) is 13.8. The Morgan fingerprint density at radius 1 is 1.45 bits per heavy atom. The van der Waals surface area contributed by atoms with Gasteiger partial charge in [0.25, 0.3) is 11.6 Å². The topological polar surface area (TPSA) is 97.7 Å². The molecule has 0 bridgehead atoms. The van der Waals surface area contributed by atoms with Gasteiger partial charge in [-0.2, -0.15) is 5.10 Å². The number of furan rings is 1. The van der Waals surface area contributed by atoms with Gasteiger partial charge in [-0.15, -0.1) is 0 Å². The van der Waals surface area contributed by atoms with Gasteiger partial charge in [-0.05, 0) is 18.2 Å². The molecule has 1 aromatic carbocycles. The zero-order valence-electron chi connectivity index (χ0n) is 9.95. The Kier molecular flexibility index (Phi) is 4.11. The van der Waals surface area contributed by atoms with E-state index in [0.29, 0.717) is 5.76 Å². The van der Waals surface area contributed by atoms with Crippen LogP contribution in [0.2, 0.25) is 5.02 Å². The number of halogens is 1. The maximum atomic E-state index is 11.8. The van der Waals surface area contributed by atoms with Gasteiger partial charge in [0.15, 0.2) is 0 Å². The number of nitrogens with one attached hydrogen (secondary N) is 1. The molecule has 8 heteroatoms. The molecule has 0 radical (unpaired) electrons. The maximum Gasteiger partial charge on any atom is 0.273 e. The van der Waals surface area contributed by atoms with E-state index in [2.05, 4.69) is 10.5 Å². The molecular weight excluding hydrogens is 286 g/mol. The Morgan fingerprint density at radius 2 is 2.25 bits per heavy atom. The molecule has 1 N–H and O–H groups in total. The minimum Gasteiger partial charge on any atom is -0.463 e. The van der Waals surface area contributed by atoms with Crippen molar-refractivity contribution in [2.75, 3.05) is 0 Å². The van der Waals surface area contributed by atoms with Crippen LogP contribution in [-0.4, -0.2) is 17.0 Å². The molecule has 1 amide bonds. The second-order valence-corrected chi connectivity index (χ2v) is 4.04. The first-order valence-corrected chi connectivity index (χ1v) is 5.76. The number of carbonyl (C=O) groups is 1. The van der Waals surface area contributed by atoms with E-state index in [-0.39, 0.29) is 16.3 Å². The quantitative estimate of drug-likeness (QED) is 0.532. The Morgan fingerprint density at radius 3 is 2.90 bits per heavy atom. The van der Waals surface area contributed by atoms with Gasteiger partial charge in [0.1, 0.15) is 5.76 Å². The molecule has 0 aliphatic carbocycles. The SMILES string of the molecule is O=C(N/N=C\c1ccco1)c1cc([N+](=O)[O-])ccc1Cl. The number of rotatable bonds is 4. The van der Waals surface area contributed by atoms with Crippen LogP contribution in [0.5, 0.6) is 0 Å². The minimum atomic E-state index is -0.651. The highest BCUT2D eigenvalue weighted by molar-refractivity contribution is 6.33. The van der Waals surface area contributed by atoms with Crippen LogP contribution in [-0.2, 0) is 0 Å². The molecule has 0 aliphatic heterocycles. The van der Waals surface area contributed by atoms with Crippen molar-refractivity contribution in [2.24, 2.45) is 5.10 Å². The molecule has 2 rings (SSSR count). The fourth-order valence-corrected chi connectivity index (χ4v) is 1.58. The highest BCUT2D eigenvalue weighted by Gasteiger charge is 2.15. The van der Waals surface area contributed by atoms with Gasteiger partial charge in [-0.1, -0.05) is 11.6 Å². The molecule has 1 aromatic heterocycles. The third-order valence-electron chi connectivity index (χ3n) is 2.31. The lowest BCUT2D eigenvalue weighted by Crippen LogP contribution is -2.18. The number of hydrazone groups is 1. The van der Waals surface area contributed by atoms with Crippen LogP contribution in [0, 0.1) is 10.1 Å². The third-order valence-corrected chi connectivity index (χ3v) is 2.64. The number of amides is 1. The Balaban J connectivity index is 2.12. The summed E-state index contributed by atoms with van der Waals surface area (Å²) < 4.78 is 4.98. The van der Waals surface area contributed by atoms with Gasteiger partial charge in [-0.25, -0.2) is 5.43 Å². The number of nitro benzene ring substituents is 1. The van der Waals surface area contributed by atoms with Crippen LogP contribution in [0.25, 0.3) is 0 Å². The van der Waals surface area contributed by atoms with Crippen LogP contribution in [0.15, 0.2) is 46.1 Å². The molecule has 20 heavy (non-hydrogen) atoms. The van der Waals surface area contributed by atoms with E-state index in [1.54, 1.807) is 12.1 Å². The van der Waals surface area contributed by atoms with Crippen molar-refractivity contribution >= 4 is 29.4 Å². The molecule has 7 nitrogen and oxygen atoms in total. The lowest BCUT2D eigenvalue weighted by atomic mass is 10.2. The Labute approximate surface area is 118 Å². The predicted molar refractivity (Wildman–Crippen MR) is 71.9 cm³/mol. The molecule has 0 spiro atoms. The lowest BCUT2D eigenvalue weighted by Gasteiger charge is -2.02. The summed E-state index contributed by atoms with van der Waals surface area (Å²) in [6, 6.07) is 6.90. The number of hydrogen-bond acceptors (Lipinski definition) is 5. The number of non-ortho nitro benzene ring substituents is 1. The lowest BCUT2D eigenvalue weighted by molar-refractivity contribution is -0.384. The average Bonchev–Trinajstić information content (AvgIpc) is 2.92. The second kappa shape index (κ2) is 5.98. The standard InChI is InChI=1S/C12H8ClN3O4/c13-11-4-3-8(16(18)19)6-10(11)12(17)15-14-7-9-2-1-5-20-9/h1-7H,(H,15,17)/b14-7-. The van der Waals surface area contributed by atoms with Crippen molar-refractivity contribution in [2.45, 2.75) is 0 Å². The van der Waals surface area contributed by atoms with Crippen molar-refractivity contribution in [1.82, 2.24) is 5.43 Å². The summed E-state index contributed by atoms with van der Waals surface area (Å²) in [5, 5.41) is 14.4. The van der Waals surface area contributed by atoms with Crippen LogP contribution < -0.4 is 5.43 Å². The van der Waals surface area contributed by atoms with Crippen molar-refractivity contribution in [3.63, 3.8) is 0 Å². The number of carbonyl (C=O) groups excluding carboxylic acids is 1. The van der Waals surface area contributed by atoms with E-state index in [0.717, 1.165) is 6.07 Å². The van der Waals surface area contributed by atoms with E-state index < -0.39 is 10.8 Å². The first-order chi connectivity index (χ1) is 9.58. The van der Waals surface area contributed by atoms with Crippen molar-refractivity contribution < 1.29 is 14.1 Å². The summed E-state index contributed by atoms with van der Waals surface area (Å²) in [5.41, 5.74) is 1.95. The summed E-state index contributed by atoms with van der Waals surface area (Å²) in [6.07, 6.45) is 2.75. The first-order valence-electron chi connectivity index (χ1n) is 5.39. The van der Waals surface area contributed by atoms with E-state index in [1.807, 2.05) is 0 Å². The predicted octanol–water partition coefficient (Wildman–Crippen LogP) is 2.61. The average molecular weight is 294 g/mol. The molecule has 2 aromatic rings. The van der Waals surface area contributed by atoms with E-state index in [1.165, 1.54) is 24.6 Å². The molecule has 0 aliphatic rings. The largest absolute Gasteiger partial charge is 0.463 e. The number of benzene rings is 1. The van der Waals surface area contributed by atoms with Crippen molar-refractivity contribution in [1.29, 1.82) is 0 Å². The molecule has 0 saturated heterocycles. The number of nitrogens with zero attached hydrogens (tertiary/aromatic N) is 2. The van der Waals surface area contributed by atoms with E-state index in [4.69, 9.17) is 16.0 Å². The zero-order valence-corrected chi connectivity index (χ0v) is 10.7. The van der Waals surface area contributed by atoms with Gasteiger partial charge >= 0.3 is 0 Å². The van der Waals surface area contributed by atoms with Gasteiger partial charge < -0.3 is 4.42 Å². The Hall–Kier alpha value is -2.67. The fourth-order valence-electron chi connectivity index (χ4n) is 1.38. The molecule has 0 unspecified atom stereocenters. The molecule has 102 valence electrons. The highest BCUT2D eigenvalue weighted by Crippen LogP contribution is 2.21. The second-order valence-electron chi connectivity index (χ2n) is 3.64. The fraction of sp³-hybridized carbons (Fsp3) is 0. The summed E-state index contributed by atoms with van der Waals surface area (Å²) in [7, 11) is 0. The molecule has 0 fully saturated rings. The van der Waals surface area contributed by atoms with Gasteiger partial charge in [0.05, 0.1) is 28.0 Å². The van der Waals surface area contributed by atoms with Crippen molar-refractivity contribution in [3.8, 4) is 0 Å². The number of nitro groups is 1. The van der Waals surface area contributed by atoms with Crippen LogP contribution in [0.3, 0.4) is 0 Å². The van der Waals surface area contributed by atoms with Crippen LogP contribution in [0.4, 0.5) is 5.69 Å². The van der Waals surface area contributed by atoms with Gasteiger partial charge in [0.2, 0.25) is 0 Å². The number of hydrogen-bond donors (Lipinski definition) is 1. The smallest absolute Gasteiger partial charge is 0.273 e. The summed E-state index contributed by atoms with van der Waals surface area (Å²) in [4.78, 5) is 21.8. The zero-order chi connectivity index (χ0) is 14.5. The van der Waals surface area contributed by atoms with E-state index >= 15 is 0 Å². The maximum absolute atomic E-state index is 11.8. The summed E-state index contributed by atoms with van der Waals surface area (Å²) in [5.74, 6) is -0.197. The molecule has 0 saturated carbocycles. The minimum absolute atomic E-state index is 0.0301. The van der Waals surface area contributed by atoms with Crippen molar-refractivity contribution in [3.05, 3.63) is 63.1 Å². The van der Waals surface area contributed by atoms with Gasteiger partial charge in [-0.3, -0.25) is 14.9 Å². The normalized spacial score (nSPS) is 10.7. The third kappa shape index (κ3) is 3.21. The summed E-state index contributed by atoms with van der Waals surface area (Å²) >= 11 is 5.82. The van der Waals surface area contributed by atoms with E-state index in [9.17, 15) is 14.9 Å². The monoisotopic (exact) mass is 293 g/mol. The van der Waals surface area contributed by atoms with Crippen LogP contribution in [0.1, 0.15) is 16.1 Å². The van der Waals surface area contributed by atoms with Crippen LogP contribution >= 0.6 is 11.6 Å².